The second-order valence-electron chi connectivity index (χ2n) is 1.69. The van der Waals surface area contributed by atoms with Crippen molar-refractivity contribution in [1.29, 1.82) is 0 Å². The summed E-state index contributed by atoms with van der Waals surface area (Å²) in [6.45, 7) is 1.50. The molecular weight excluding hydrogens is 184 g/mol. The third-order valence-electron chi connectivity index (χ3n) is 0.994. The molecule has 1 aromatic heterocycles. The number of furan rings is 1. The van der Waals surface area contributed by atoms with Gasteiger partial charge in [-0.25, -0.2) is 0 Å². The Morgan fingerprint density at radius 2 is 2.33 bits per heavy atom. The van der Waals surface area contributed by atoms with E-state index in [0.717, 1.165) is 4.47 Å². The van der Waals surface area contributed by atoms with Gasteiger partial charge in [0.2, 0.25) is 0 Å². The van der Waals surface area contributed by atoms with E-state index in [9.17, 15) is 4.79 Å². The van der Waals surface area contributed by atoms with Crippen molar-refractivity contribution >= 4 is 21.7 Å². The lowest BCUT2D eigenvalue weighted by Crippen LogP contribution is -1.87. The highest BCUT2D eigenvalue weighted by Crippen LogP contribution is 2.17. The predicted molar refractivity (Wildman–Crippen MR) is 36.4 cm³/mol. The first-order valence-electron chi connectivity index (χ1n) is 2.44. The monoisotopic (exact) mass is 188 g/mol. The van der Waals surface area contributed by atoms with Gasteiger partial charge in [0.05, 0.1) is 10.0 Å². The molecule has 0 fully saturated rings. The Hall–Kier alpha value is -0.570. The number of hydrogen-bond donors (Lipinski definition) is 0. The van der Waals surface area contributed by atoms with Gasteiger partial charge in [0.1, 0.15) is 12.5 Å². The van der Waals surface area contributed by atoms with Crippen LogP contribution in [0.1, 0.15) is 17.3 Å². The van der Waals surface area contributed by atoms with Crippen LogP contribution in [-0.2, 0) is 0 Å². The zero-order valence-electron chi connectivity index (χ0n) is 4.85. The number of ketones is 1. The Bertz CT molecular complexity index is 227. The van der Waals surface area contributed by atoms with E-state index in [2.05, 4.69) is 15.9 Å². The summed E-state index contributed by atoms with van der Waals surface area (Å²) < 4.78 is 5.46. The highest BCUT2D eigenvalue weighted by atomic mass is 79.9. The number of hydrogen-bond acceptors (Lipinski definition) is 2. The lowest BCUT2D eigenvalue weighted by Gasteiger charge is -1.83. The fourth-order valence-corrected chi connectivity index (χ4v) is 1.01. The lowest BCUT2D eigenvalue weighted by atomic mass is 10.2. The van der Waals surface area contributed by atoms with Crippen LogP contribution in [-0.4, -0.2) is 5.78 Å². The molecule has 0 unspecified atom stereocenters. The second kappa shape index (κ2) is 2.35. The largest absolute Gasteiger partial charge is 0.471 e. The molecule has 0 saturated heterocycles. The van der Waals surface area contributed by atoms with E-state index < -0.39 is 0 Å². The maximum Gasteiger partial charge on any atom is 0.164 e. The van der Waals surface area contributed by atoms with Gasteiger partial charge in [-0.15, -0.1) is 0 Å². The first kappa shape index (κ1) is 6.55. The first-order chi connectivity index (χ1) is 4.22. The van der Waals surface area contributed by atoms with Gasteiger partial charge in [0, 0.05) is 0 Å². The minimum absolute atomic E-state index is 0.00984. The van der Waals surface area contributed by atoms with Crippen molar-refractivity contribution in [3.63, 3.8) is 0 Å². The maximum absolute atomic E-state index is 10.6. The normalized spacial score (nSPS) is 9.56. The van der Waals surface area contributed by atoms with E-state index in [1.807, 2.05) is 0 Å². The zero-order chi connectivity index (χ0) is 6.85. The van der Waals surface area contributed by atoms with Crippen LogP contribution in [0.3, 0.4) is 0 Å². The molecule has 0 radical (unpaired) electrons. The van der Waals surface area contributed by atoms with Crippen molar-refractivity contribution in [2.45, 2.75) is 6.92 Å². The Kier molecular flexibility index (Phi) is 1.71. The molecule has 0 aromatic carbocycles. The standard InChI is InChI=1S/C6H5BrO2/c1-4(8)5-2-9-3-6(5)7/h2-3H,1H3. The number of carbonyl (C=O) groups excluding carboxylic acids is 1. The Morgan fingerprint density at radius 1 is 1.67 bits per heavy atom. The molecule has 0 N–H and O–H groups in total. The Balaban J connectivity index is 3.08. The van der Waals surface area contributed by atoms with Crippen molar-refractivity contribution in [2.75, 3.05) is 0 Å². The van der Waals surface area contributed by atoms with Crippen LogP contribution in [0.4, 0.5) is 0 Å². The first-order valence-corrected chi connectivity index (χ1v) is 3.23. The van der Waals surface area contributed by atoms with Gasteiger partial charge in [0.25, 0.3) is 0 Å². The molecule has 0 saturated carbocycles. The quantitative estimate of drug-likeness (QED) is 0.634. The highest BCUT2D eigenvalue weighted by Gasteiger charge is 2.05. The minimum Gasteiger partial charge on any atom is -0.471 e. The summed E-state index contributed by atoms with van der Waals surface area (Å²) in [6, 6.07) is 0. The van der Waals surface area contributed by atoms with Crippen molar-refractivity contribution in [1.82, 2.24) is 0 Å². The summed E-state index contributed by atoms with van der Waals surface area (Å²) in [6.07, 6.45) is 2.91. The van der Waals surface area contributed by atoms with E-state index in [-0.39, 0.29) is 5.78 Å². The van der Waals surface area contributed by atoms with Crippen molar-refractivity contribution in [3.8, 4) is 0 Å². The Morgan fingerprint density at radius 3 is 2.56 bits per heavy atom. The zero-order valence-corrected chi connectivity index (χ0v) is 6.44. The van der Waals surface area contributed by atoms with Crippen LogP contribution >= 0.6 is 15.9 Å². The van der Waals surface area contributed by atoms with Crippen LogP contribution in [0.25, 0.3) is 0 Å². The molecule has 1 heterocycles. The molecule has 1 aromatic rings. The van der Waals surface area contributed by atoms with Crippen molar-refractivity contribution in [2.24, 2.45) is 0 Å². The molecule has 9 heavy (non-hydrogen) atoms. The molecule has 0 atom stereocenters. The number of halogens is 1. The minimum atomic E-state index is 0.00984. The van der Waals surface area contributed by atoms with E-state index in [1.54, 1.807) is 0 Å². The summed E-state index contributed by atoms with van der Waals surface area (Å²) in [7, 11) is 0. The topological polar surface area (TPSA) is 30.2 Å². The lowest BCUT2D eigenvalue weighted by molar-refractivity contribution is 0.101. The molecule has 0 amide bonds. The molecule has 0 bridgehead atoms. The van der Waals surface area contributed by atoms with Crippen LogP contribution in [0.15, 0.2) is 21.4 Å². The summed E-state index contributed by atoms with van der Waals surface area (Å²) in [4.78, 5) is 10.6. The average molecular weight is 189 g/mol. The molecule has 0 aliphatic carbocycles. The second-order valence-corrected chi connectivity index (χ2v) is 2.54. The summed E-state index contributed by atoms with van der Waals surface area (Å²) in [5.74, 6) is 0.00984. The van der Waals surface area contributed by atoms with Crippen LogP contribution < -0.4 is 0 Å². The SMILES string of the molecule is CC(=O)c1cocc1Br. The number of carbonyl (C=O) groups is 1. The average Bonchev–Trinajstić information content (AvgIpc) is 2.13. The number of rotatable bonds is 1. The van der Waals surface area contributed by atoms with Crippen LogP contribution in [0.5, 0.6) is 0 Å². The predicted octanol–water partition coefficient (Wildman–Crippen LogP) is 2.24. The molecule has 48 valence electrons. The number of Topliss-reactive ketones (excluding diaryl/α,β-unsaturated/α-hetero) is 1. The van der Waals surface area contributed by atoms with E-state index in [4.69, 9.17) is 4.42 Å². The third-order valence-corrected chi connectivity index (χ3v) is 1.61. The van der Waals surface area contributed by atoms with Crippen LogP contribution in [0, 0.1) is 0 Å². The van der Waals surface area contributed by atoms with Crippen molar-refractivity contribution in [3.05, 3.63) is 22.6 Å². The molecule has 3 heteroatoms. The van der Waals surface area contributed by atoms with Crippen molar-refractivity contribution < 1.29 is 9.21 Å². The molecule has 0 spiro atoms. The van der Waals surface area contributed by atoms with Gasteiger partial charge in [-0.05, 0) is 22.9 Å². The van der Waals surface area contributed by atoms with Gasteiger partial charge in [0.15, 0.2) is 5.78 Å². The van der Waals surface area contributed by atoms with Gasteiger partial charge >= 0.3 is 0 Å². The molecular formula is C6H5BrO2. The van der Waals surface area contributed by atoms with Crippen LogP contribution in [0.2, 0.25) is 0 Å². The third kappa shape index (κ3) is 1.21. The van der Waals surface area contributed by atoms with E-state index >= 15 is 0 Å². The van der Waals surface area contributed by atoms with Gasteiger partial charge in [-0.3, -0.25) is 4.79 Å². The van der Waals surface area contributed by atoms with E-state index in [1.165, 1.54) is 19.5 Å². The van der Waals surface area contributed by atoms with E-state index in [0.29, 0.717) is 5.56 Å². The summed E-state index contributed by atoms with van der Waals surface area (Å²) in [5, 5.41) is 0. The smallest absolute Gasteiger partial charge is 0.164 e. The maximum atomic E-state index is 10.6. The van der Waals surface area contributed by atoms with Gasteiger partial charge in [-0.2, -0.15) is 0 Å². The molecule has 2 nitrogen and oxygen atoms in total. The molecule has 0 aliphatic rings. The summed E-state index contributed by atoms with van der Waals surface area (Å²) >= 11 is 3.15. The summed E-state index contributed by atoms with van der Waals surface area (Å²) in [5.41, 5.74) is 0.593. The molecule has 0 aliphatic heterocycles. The van der Waals surface area contributed by atoms with Gasteiger partial charge < -0.3 is 4.42 Å². The fraction of sp³-hybridized carbons (Fsp3) is 0.167. The molecule has 1 rings (SSSR count). The Labute approximate surface area is 61.0 Å². The van der Waals surface area contributed by atoms with Gasteiger partial charge in [-0.1, -0.05) is 0 Å². The highest BCUT2D eigenvalue weighted by molar-refractivity contribution is 9.10. The fourth-order valence-electron chi connectivity index (χ4n) is 0.533.